The minimum Gasteiger partial charge on any atom is -0.466 e. The first-order chi connectivity index (χ1) is 7.97. The molecule has 1 heterocycles. The monoisotopic (exact) mass is 245 g/mol. The molecule has 94 valence electrons. The second-order valence-electron chi connectivity index (χ2n) is 3.27. The molecule has 1 aromatic heterocycles. The summed E-state index contributed by atoms with van der Waals surface area (Å²) in [5.74, 6) is -0.572. The fraction of sp³-hybridized carbons (Fsp3) is 0.400. The van der Waals surface area contributed by atoms with Gasteiger partial charge in [-0.15, -0.1) is 0 Å². The highest BCUT2D eigenvalue weighted by molar-refractivity contribution is 5.78. The van der Waals surface area contributed by atoms with E-state index in [2.05, 4.69) is 4.98 Å². The maximum atomic E-state index is 12.5. The number of aromatic nitrogens is 1. The lowest BCUT2D eigenvalue weighted by atomic mass is 10.1. The van der Waals surface area contributed by atoms with E-state index >= 15 is 0 Å². The van der Waals surface area contributed by atoms with E-state index in [0.29, 0.717) is 0 Å². The largest absolute Gasteiger partial charge is 0.466 e. The number of carbonyl (C=O) groups is 1. The molecule has 0 saturated heterocycles. The zero-order chi connectivity index (χ0) is 13.0. The van der Waals surface area contributed by atoms with Gasteiger partial charge in [0, 0.05) is 5.56 Å². The molecule has 0 amide bonds. The van der Waals surface area contributed by atoms with Crippen molar-refractivity contribution in [3.05, 3.63) is 17.5 Å². The van der Waals surface area contributed by atoms with E-state index in [4.69, 9.17) is 16.2 Å². The molecule has 0 aliphatic carbocycles. The predicted octanol–water partition coefficient (Wildman–Crippen LogP) is 1.29. The van der Waals surface area contributed by atoms with Crippen molar-refractivity contribution in [1.82, 2.24) is 4.98 Å². The summed E-state index contributed by atoms with van der Waals surface area (Å²) in [5.41, 5.74) is 10.4. The van der Waals surface area contributed by atoms with Crippen molar-refractivity contribution >= 4 is 17.3 Å². The van der Waals surface area contributed by atoms with Gasteiger partial charge in [0.15, 0.2) is 0 Å². The molecule has 0 saturated carbocycles. The molecule has 0 radical (unpaired) electrons. The van der Waals surface area contributed by atoms with Crippen LogP contribution < -0.4 is 11.5 Å². The van der Waals surface area contributed by atoms with E-state index in [1.807, 2.05) is 0 Å². The number of esters is 1. The Morgan fingerprint density at radius 1 is 1.53 bits per heavy atom. The van der Waals surface area contributed by atoms with E-state index in [1.54, 1.807) is 6.92 Å². The maximum absolute atomic E-state index is 12.5. The molecule has 0 aliphatic heterocycles. The molecule has 1 rings (SSSR count). The number of hydrogen-bond acceptors (Lipinski definition) is 5. The number of rotatable bonds is 4. The summed E-state index contributed by atoms with van der Waals surface area (Å²) in [7, 11) is 0. The first-order valence-corrected chi connectivity index (χ1v) is 4.93. The van der Waals surface area contributed by atoms with Crippen molar-refractivity contribution in [2.24, 2.45) is 0 Å². The number of hydrogen-bond donors (Lipinski definition) is 2. The van der Waals surface area contributed by atoms with Gasteiger partial charge in [-0.25, -0.2) is 8.78 Å². The van der Waals surface area contributed by atoms with Crippen molar-refractivity contribution in [2.75, 3.05) is 18.1 Å². The van der Waals surface area contributed by atoms with E-state index in [-0.39, 0.29) is 30.0 Å². The number of pyridine rings is 1. The van der Waals surface area contributed by atoms with Gasteiger partial charge in [0.25, 0.3) is 6.43 Å². The van der Waals surface area contributed by atoms with Crippen LogP contribution >= 0.6 is 0 Å². The van der Waals surface area contributed by atoms with Gasteiger partial charge < -0.3 is 16.2 Å². The molecule has 0 aliphatic rings. The molecule has 4 N–H and O–H groups in total. The van der Waals surface area contributed by atoms with Crippen LogP contribution in [0.5, 0.6) is 0 Å². The summed E-state index contributed by atoms with van der Waals surface area (Å²) in [4.78, 5) is 14.7. The third-order valence-electron chi connectivity index (χ3n) is 2.13. The molecule has 0 fully saturated rings. The fourth-order valence-electron chi connectivity index (χ4n) is 1.32. The number of alkyl halides is 2. The second-order valence-corrected chi connectivity index (χ2v) is 3.27. The van der Waals surface area contributed by atoms with Crippen LogP contribution in [0.25, 0.3) is 0 Å². The molecule has 0 spiro atoms. The minimum atomic E-state index is -2.81. The van der Waals surface area contributed by atoms with Crippen molar-refractivity contribution in [1.29, 1.82) is 0 Å². The highest BCUT2D eigenvalue weighted by Crippen LogP contribution is 2.29. The highest BCUT2D eigenvalue weighted by Gasteiger charge is 2.19. The smallest absolute Gasteiger partial charge is 0.310 e. The number of anilines is 2. The summed E-state index contributed by atoms with van der Waals surface area (Å²) in [5, 5.41) is 0. The Bertz CT molecular complexity index is 424. The fourth-order valence-corrected chi connectivity index (χ4v) is 1.32. The lowest BCUT2D eigenvalue weighted by Gasteiger charge is -2.11. The number of carbonyl (C=O) groups excluding carboxylic acids is 1. The Hall–Kier alpha value is -1.92. The number of nitrogens with zero attached hydrogens (tertiary/aromatic N) is 1. The van der Waals surface area contributed by atoms with Gasteiger partial charge in [0.05, 0.1) is 30.6 Å². The molecule has 0 unspecified atom stereocenters. The zero-order valence-electron chi connectivity index (χ0n) is 9.24. The van der Waals surface area contributed by atoms with Crippen molar-refractivity contribution in [2.45, 2.75) is 19.8 Å². The Kier molecular flexibility index (Phi) is 4.19. The minimum absolute atomic E-state index is 0.0972. The van der Waals surface area contributed by atoms with Crippen molar-refractivity contribution in [3.8, 4) is 0 Å². The Morgan fingerprint density at radius 3 is 2.71 bits per heavy atom. The summed E-state index contributed by atoms with van der Waals surface area (Å²) in [6, 6.07) is 0. The summed E-state index contributed by atoms with van der Waals surface area (Å²) >= 11 is 0. The van der Waals surface area contributed by atoms with Gasteiger partial charge in [-0.05, 0) is 6.92 Å². The average molecular weight is 245 g/mol. The molecule has 17 heavy (non-hydrogen) atoms. The Morgan fingerprint density at radius 2 is 2.18 bits per heavy atom. The first kappa shape index (κ1) is 13.1. The first-order valence-electron chi connectivity index (χ1n) is 4.93. The average Bonchev–Trinajstić information content (AvgIpc) is 2.24. The standard InChI is InChI=1S/C10H13F2N3O2/c1-2-17-7(16)3-5-6(13)4-15-9(8(5)14)10(11)12/h4,10H,2-3,13-14H2,1H3. The number of halogens is 2. The summed E-state index contributed by atoms with van der Waals surface area (Å²) in [6.07, 6.45) is -1.99. The van der Waals surface area contributed by atoms with Crippen LogP contribution in [0.15, 0.2) is 6.20 Å². The van der Waals surface area contributed by atoms with Crippen molar-refractivity contribution in [3.63, 3.8) is 0 Å². The van der Waals surface area contributed by atoms with Crippen LogP contribution in [0.1, 0.15) is 24.6 Å². The van der Waals surface area contributed by atoms with Gasteiger partial charge in [-0.1, -0.05) is 0 Å². The molecule has 5 nitrogen and oxygen atoms in total. The normalized spacial score (nSPS) is 10.6. The second kappa shape index (κ2) is 5.42. The lowest BCUT2D eigenvalue weighted by molar-refractivity contribution is -0.142. The molecular weight excluding hydrogens is 232 g/mol. The third kappa shape index (κ3) is 3.02. The summed E-state index contributed by atoms with van der Waals surface area (Å²) in [6.45, 7) is 1.84. The highest BCUT2D eigenvalue weighted by atomic mass is 19.3. The van der Waals surface area contributed by atoms with E-state index in [9.17, 15) is 13.6 Å². The van der Waals surface area contributed by atoms with Gasteiger partial charge in [0.2, 0.25) is 0 Å². The number of nitrogen functional groups attached to an aromatic ring is 2. The van der Waals surface area contributed by atoms with Crippen LogP contribution in [0.3, 0.4) is 0 Å². The van der Waals surface area contributed by atoms with Crippen molar-refractivity contribution < 1.29 is 18.3 Å². The van der Waals surface area contributed by atoms with Gasteiger partial charge >= 0.3 is 5.97 Å². The Labute approximate surface area is 96.8 Å². The quantitative estimate of drug-likeness (QED) is 0.780. The van der Waals surface area contributed by atoms with Gasteiger partial charge in [-0.3, -0.25) is 9.78 Å². The van der Waals surface area contributed by atoms with E-state index < -0.39 is 18.1 Å². The van der Waals surface area contributed by atoms with E-state index in [1.165, 1.54) is 0 Å². The van der Waals surface area contributed by atoms with Crippen LogP contribution in [0.4, 0.5) is 20.2 Å². The maximum Gasteiger partial charge on any atom is 0.310 e. The topological polar surface area (TPSA) is 91.2 Å². The number of ether oxygens (including phenoxy) is 1. The molecule has 0 bridgehead atoms. The van der Waals surface area contributed by atoms with Crippen LogP contribution in [-0.4, -0.2) is 17.6 Å². The SMILES string of the molecule is CCOC(=O)Cc1c(N)cnc(C(F)F)c1N. The molecule has 0 atom stereocenters. The molecule has 1 aromatic rings. The van der Waals surface area contributed by atoms with Crippen LogP contribution in [0.2, 0.25) is 0 Å². The lowest BCUT2D eigenvalue weighted by Crippen LogP contribution is -2.13. The van der Waals surface area contributed by atoms with Gasteiger partial charge in [-0.2, -0.15) is 0 Å². The third-order valence-corrected chi connectivity index (χ3v) is 2.13. The zero-order valence-corrected chi connectivity index (χ0v) is 9.24. The van der Waals surface area contributed by atoms with E-state index in [0.717, 1.165) is 6.20 Å². The predicted molar refractivity (Wildman–Crippen MR) is 58.4 cm³/mol. The van der Waals surface area contributed by atoms with Crippen LogP contribution in [-0.2, 0) is 16.0 Å². The summed E-state index contributed by atoms with van der Waals surface area (Å²) < 4.78 is 29.7. The number of nitrogens with two attached hydrogens (primary N) is 2. The van der Waals surface area contributed by atoms with Crippen LogP contribution in [0, 0.1) is 0 Å². The molecular formula is C10H13F2N3O2. The van der Waals surface area contributed by atoms with Gasteiger partial charge in [0.1, 0.15) is 5.69 Å². The molecule has 7 heteroatoms. The molecule has 0 aromatic carbocycles. The Balaban J connectivity index is 3.05.